The van der Waals surface area contributed by atoms with E-state index in [0.717, 1.165) is 23.4 Å². The highest BCUT2D eigenvalue weighted by Crippen LogP contribution is 2.34. The molecule has 26 heavy (non-hydrogen) atoms. The van der Waals surface area contributed by atoms with Crippen LogP contribution < -0.4 is 5.32 Å². The molecule has 1 aromatic heterocycles. The van der Waals surface area contributed by atoms with E-state index in [1.807, 2.05) is 49.4 Å². The maximum Gasteiger partial charge on any atom is 0.275 e. The number of amides is 1. The maximum absolute atomic E-state index is 12.3. The number of hydrogen-bond acceptors (Lipinski definition) is 3. The zero-order valence-electron chi connectivity index (χ0n) is 14.2. The standard InChI is InChI=1S/C21H16ClN3O/c1-13-2-7-17(22)18-19(13)25-21(26)20(18)24-16-5-3-14(4-6-16)12-15-8-10-23-11-9-15/h2-11H,12H2,1H3,(H,24,25,26). The van der Waals surface area contributed by atoms with Gasteiger partial charge in [-0.25, -0.2) is 4.99 Å². The minimum absolute atomic E-state index is 0.225. The summed E-state index contributed by atoms with van der Waals surface area (Å²) >= 11 is 6.31. The van der Waals surface area contributed by atoms with Crippen LogP contribution in [-0.4, -0.2) is 16.6 Å². The molecule has 4 nitrogen and oxygen atoms in total. The van der Waals surface area contributed by atoms with Gasteiger partial charge in [0.1, 0.15) is 5.71 Å². The van der Waals surface area contributed by atoms with Crippen LogP contribution in [0.4, 0.5) is 11.4 Å². The molecule has 2 heterocycles. The number of carbonyl (C=O) groups is 1. The van der Waals surface area contributed by atoms with Gasteiger partial charge in [-0.05, 0) is 60.4 Å². The van der Waals surface area contributed by atoms with E-state index in [0.29, 0.717) is 16.3 Å². The highest BCUT2D eigenvalue weighted by Gasteiger charge is 2.29. The molecule has 0 radical (unpaired) electrons. The fourth-order valence-electron chi connectivity index (χ4n) is 3.02. The summed E-state index contributed by atoms with van der Waals surface area (Å²) < 4.78 is 0. The number of hydrogen-bond donors (Lipinski definition) is 1. The van der Waals surface area contributed by atoms with Gasteiger partial charge in [0, 0.05) is 18.0 Å². The number of halogens is 1. The molecule has 0 unspecified atom stereocenters. The molecular formula is C21H16ClN3O. The largest absolute Gasteiger partial charge is 0.320 e. The monoisotopic (exact) mass is 361 g/mol. The molecule has 1 N–H and O–H groups in total. The number of aliphatic imine (C=N–C) groups is 1. The lowest BCUT2D eigenvalue weighted by Crippen LogP contribution is -2.14. The predicted molar refractivity (Wildman–Crippen MR) is 105 cm³/mol. The summed E-state index contributed by atoms with van der Waals surface area (Å²) in [7, 11) is 0. The Balaban J connectivity index is 1.64. The molecule has 0 saturated carbocycles. The fourth-order valence-corrected chi connectivity index (χ4v) is 3.27. The number of aromatic nitrogens is 1. The number of rotatable bonds is 3. The lowest BCUT2D eigenvalue weighted by Gasteiger charge is -2.05. The van der Waals surface area contributed by atoms with E-state index in [4.69, 9.17) is 11.6 Å². The number of pyridine rings is 1. The molecule has 3 aromatic rings. The number of anilines is 1. The average Bonchev–Trinajstić information content (AvgIpc) is 2.98. The lowest BCUT2D eigenvalue weighted by atomic mass is 10.1. The van der Waals surface area contributed by atoms with Crippen LogP contribution in [0.1, 0.15) is 22.3 Å². The summed E-state index contributed by atoms with van der Waals surface area (Å²) in [6, 6.07) is 15.5. The van der Waals surface area contributed by atoms with Crippen molar-refractivity contribution in [3.63, 3.8) is 0 Å². The number of carbonyl (C=O) groups excluding carboxylic acids is 1. The summed E-state index contributed by atoms with van der Waals surface area (Å²) in [6.07, 6.45) is 4.41. The van der Waals surface area contributed by atoms with Gasteiger partial charge in [0.2, 0.25) is 0 Å². The Morgan fingerprint density at radius 1 is 1.00 bits per heavy atom. The van der Waals surface area contributed by atoms with Crippen LogP contribution in [0.15, 0.2) is 65.9 Å². The van der Waals surface area contributed by atoms with Gasteiger partial charge >= 0.3 is 0 Å². The number of benzene rings is 2. The second kappa shape index (κ2) is 6.73. The lowest BCUT2D eigenvalue weighted by molar-refractivity contribution is -0.110. The number of aryl methyl sites for hydroxylation is 1. The summed E-state index contributed by atoms with van der Waals surface area (Å²) in [6.45, 7) is 1.94. The molecule has 0 fully saturated rings. The Bertz CT molecular complexity index is 1010. The second-order valence-corrected chi connectivity index (χ2v) is 6.63. The Morgan fingerprint density at radius 2 is 1.69 bits per heavy atom. The maximum atomic E-state index is 12.3. The first-order valence-electron chi connectivity index (χ1n) is 8.29. The molecule has 2 aromatic carbocycles. The topological polar surface area (TPSA) is 54.4 Å². The van der Waals surface area contributed by atoms with E-state index < -0.39 is 0 Å². The molecule has 0 atom stereocenters. The third-order valence-electron chi connectivity index (χ3n) is 4.39. The van der Waals surface area contributed by atoms with Gasteiger partial charge < -0.3 is 5.32 Å². The van der Waals surface area contributed by atoms with Crippen molar-refractivity contribution in [2.75, 3.05) is 5.32 Å². The van der Waals surface area contributed by atoms with Crippen molar-refractivity contribution >= 4 is 34.6 Å². The molecule has 5 heteroatoms. The van der Waals surface area contributed by atoms with Crippen LogP contribution in [0.25, 0.3) is 0 Å². The quantitative estimate of drug-likeness (QED) is 0.734. The van der Waals surface area contributed by atoms with Crippen LogP contribution in [0.2, 0.25) is 5.02 Å². The van der Waals surface area contributed by atoms with Gasteiger partial charge in [0.15, 0.2) is 0 Å². The van der Waals surface area contributed by atoms with Gasteiger partial charge in [-0.1, -0.05) is 29.8 Å². The third kappa shape index (κ3) is 3.11. The van der Waals surface area contributed by atoms with E-state index in [-0.39, 0.29) is 5.91 Å². The molecule has 128 valence electrons. The van der Waals surface area contributed by atoms with Crippen LogP contribution in [-0.2, 0) is 11.2 Å². The minimum Gasteiger partial charge on any atom is -0.320 e. The Labute approximate surface area is 156 Å². The Kier molecular flexibility index (Phi) is 4.27. The van der Waals surface area contributed by atoms with Crippen molar-refractivity contribution < 1.29 is 4.79 Å². The fraction of sp³-hybridized carbons (Fsp3) is 0.0952. The molecule has 1 amide bonds. The van der Waals surface area contributed by atoms with Crippen molar-refractivity contribution in [2.45, 2.75) is 13.3 Å². The summed E-state index contributed by atoms with van der Waals surface area (Å²) in [4.78, 5) is 20.9. The Hall–Kier alpha value is -2.98. The number of nitrogens with one attached hydrogen (secondary N) is 1. The van der Waals surface area contributed by atoms with E-state index >= 15 is 0 Å². The van der Waals surface area contributed by atoms with E-state index in [1.54, 1.807) is 18.5 Å². The summed E-state index contributed by atoms with van der Waals surface area (Å²) in [5.41, 5.74) is 5.84. The molecule has 0 bridgehead atoms. The van der Waals surface area contributed by atoms with Crippen molar-refractivity contribution in [3.8, 4) is 0 Å². The molecular weight excluding hydrogens is 346 g/mol. The normalized spacial score (nSPS) is 14.4. The smallest absolute Gasteiger partial charge is 0.275 e. The van der Waals surface area contributed by atoms with Crippen molar-refractivity contribution in [2.24, 2.45) is 4.99 Å². The Morgan fingerprint density at radius 3 is 2.42 bits per heavy atom. The van der Waals surface area contributed by atoms with Gasteiger partial charge in [0.05, 0.1) is 16.4 Å². The molecule has 1 aliphatic heterocycles. The first-order chi connectivity index (χ1) is 12.6. The van der Waals surface area contributed by atoms with Crippen LogP contribution >= 0.6 is 11.6 Å². The molecule has 1 aliphatic rings. The molecule has 0 aliphatic carbocycles. The van der Waals surface area contributed by atoms with Crippen LogP contribution in [0.3, 0.4) is 0 Å². The van der Waals surface area contributed by atoms with E-state index in [2.05, 4.69) is 15.3 Å². The van der Waals surface area contributed by atoms with Crippen molar-refractivity contribution in [1.82, 2.24) is 4.98 Å². The third-order valence-corrected chi connectivity index (χ3v) is 4.70. The van der Waals surface area contributed by atoms with Crippen molar-refractivity contribution in [3.05, 3.63) is 88.2 Å². The van der Waals surface area contributed by atoms with E-state index in [1.165, 1.54) is 11.1 Å². The van der Waals surface area contributed by atoms with Gasteiger partial charge in [0.25, 0.3) is 5.91 Å². The molecule has 0 saturated heterocycles. The van der Waals surface area contributed by atoms with Crippen LogP contribution in [0, 0.1) is 6.92 Å². The van der Waals surface area contributed by atoms with Gasteiger partial charge in [-0.3, -0.25) is 9.78 Å². The first-order valence-corrected chi connectivity index (χ1v) is 8.67. The van der Waals surface area contributed by atoms with Gasteiger partial charge in [-0.15, -0.1) is 0 Å². The second-order valence-electron chi connectivity index (χ2n) is 6.23. The predicted octanol–water partition coefficient (Wildman–Crippen LogP) is 4.71. The summed E-state index contributed by atoms with van der Waals surface area (Å²) in [5.74, 6) is -0.225. The highest BCUT2D eigenvalue weighted by atomic mass is 35.5. The first kappa shape index (κ1) is 16.5. The SMILES string of the molecule is Cc1ccc(Cl)c2c1NC(=O)C2=Nc1ccc(Cc2ccncc2)cc1. The molecule has 0 spiro atoms. The van der Waals surface area contributed by atoms with E-state index in [9.17, 15) is 4.79 Å². The van der Waals surface area contributed by atoms with Crippen LogP contribution in [0.5, 0.6) is 0 Å². The zero-order valence-corrected chi connectivity index (χ0v) is 14.9. The van der Waals surface area contributed by atoms with Gasteiger partial charge in [-0.2, -0.15) is 0 Å². The number of fused-ring (bicyclic) bond motifs is 1. The highest BCUT2D eigenvalue weighted by molar-refractivity contribution is 6.57. The number of nitrogens with zero attached hydrogens (tertiary/aromatic N) is 2. The molecule has 4 rings (SSSR count). The zero-order chi connectivity index (χ0) is 18.1. The summed E-state index contributed by atoms with van der Waals surface area (Å²) in [5, 5.41) is 3.39. The minimum atomic E-state index is -0.225. The average molecular weight is 362 g/mol. The van der Waals surface area contributed by atoms with Crippen molar-refractivity contribution in [1.29, 1.82) is 0 Å².